The molecule has 0 spiro atoms. The molecule has 0 saturated carbocycles. The van der Waals surface area contributed by atoms with E-state index in [2.05, 4.69) is 15.5 Å². The number of ether oxygens (including phenoxy) is 3. The fourth-order valence-corrected chi connectivity index (χ4v) is 2.51. The van der Waals surface area contributed by atoms with Gasteiger partial charge in [0.15, 0.2) is 5.75 Å². The number of aromatic nitrogens is 2. The molecule has 2 aromatic rings. The van der Waals surface area contributed by atoms with Crippen molar-refractivity contribution < 1.29 is 19.0 Å². The van der Waals surface area contributed by atoms with Crippen molar-refractivity contribution in [1.29, 1.82) is 0 Å². The van der Waals surface area contributed by atoms with Crippen LogP contribution in [-0.4, -0.2) is 48.1 Å². The number of benzene rings is 1. The molecule has 2 atom stereocenters. The summed E-state index contributed by atoms with van der Waals surface area (Å²) in [5.74, 6) is 1.35. The van der Waals surface area contributed by atoms with Crippen LogP contribution in [0.25, 0.3) is 0 Å². The minimum absolute atomic E-state index is 0.0834. The van der Waals surface area contributed by atoms with E-state index in [9.17, 15) is 4.79 Å². The maximum Gasteiger partial charge on any atom is 0.223 e. The van der Waals surface area contributed by atoms with Crippen LogP contribution in [-0.2, 0) is 9.53 Å². The van der Waals surface area contributed by atoms with Gasteiger partial charge in [0.1, 0.15) is 11.9 Å². The highest BCUT2D eigenvalue weighted by molar-refractivity contribution is 5.76. The van der Waals surface area contributed by atoms with Gasteiger partial charge in [-0.05, 0) is 18.6 Å². The summed E-state index contributed by atoms with van der Waals surface area (Å²) in [4.78, 5) is 12.1. The van der Waals surface area contributed by atoms with Crippen LogP contribution in [0.15, 0.2) is 36.7 Å². The lowest BCUT2D eigenvalue weighted by atomic mass is 10.2. The second-order valence-electron chi connectivity index (χ2n) is 5.67. The van der Waals surface area contributed by atoms with Crippen LogP contribution < -0.4 is 14.8 Å². The van der Waals surface area contributed by atoms with Crippen molar-refractivity contribution in [1.82, 2.24) is 15.5 Å². The molecule has 2 heterocycles. The molecule has 0 aliphatic carbocycles. The van der Waals surface area contributed by atoms with Gasteiger partial charge >= 0.3 is 0 Å². The van der Waals surface area contributed by atoms with Crippen LogP contribution in [0, 0.1) is 6.92 Å². The van der Waals surface area contributed by atoms with E-state index < -0.39 is 0 Å². The topological polar surface area (TPSA) is 85.5 Å². The highest BCUT2D eigenvalue weighted by atomic mass is 16.5. The molecule has 7 nitrogen and oxygen atoms in total. The Morgan fingerprint density at radius 3 is 3.08 bits per heavy atom. The third-order valence-corrected chi connectivity index (χ3v) is 3.82. The maximum atomic E-state index is 12.1. The first-order chi connectivity index (χ1) is 11.7. The zero-order valence-electron chi connectivity index (χ0n) is 13.5. The van der Waals surface area contributed by atoms with Crippen molar-refractivity contribution in [3.63, 3.8) is 0 Å². The summed E-state index contributed by atoms with van der Waals surface area (Å²) in [6.07, 6.45) is 3.31. The Morgan fingerprint density at radius 2 is 2.29 bits per heavy atom. The number of nitrogens with zero attached hydrogens (tertiary/aromatic N) is 1. The lowest BCUT2D eigenvalue weighted by Gasteiger charge is -2.19. The Morgan fingerprint density at radius 1 is 1.42 bits per heavy atom. The van der Waals surface area contributed by atoms with Crippen LogP contribution in [0.2, 0.25) is 0 Å². The van der Waals surface area contributed by atoms with Crippen molar-refractivity contribution >= 4 is 5.91 Å². The van der Waals surface area contributed by atoms with Crippen LogP contribution in [0.5, 0.6) is 11.5 Å². The Hall–Kier alpha value is -2.54. The quantitative estimate of drug-likeness (QED) is 0.802. The molecule has 128 valence electrons. The van der Waals surface area contributed by atoms with Gasteiger partial charge in [-0.2, -0.15) is 5.10 Å². The second kappa shape index (κ2) is 7.83. The average molecular weight is 331 g/mol. The van der Waals surface area contributed by atoms with Gasteiger partial charge in [0, 0.05) is 0 Å². The molecule has 1 aromatic carbocycles. The summed E-state index contributed by atoms with van der Waals surface area (Å²) >= 11 is 0. The number of aryl methyl sites for hydroxylation is 1. The molecule has 3 rings (SSSR count). The van der Waals surface area contributed by atoms with Gasteiger partial charge in [-0.25, -0.2) is 0 Å². The molecule has 7 heteroatoms. The summed E-state index contributed by atoms with van der Waals surface area (Å²) in [5, 5.41) is 9.46. The highest BCUT2D eigenvalue weighted by Gasteiger charge is 2.31. The normalized spacial score (nSPS) is 19.9. The predicted octanol–water partition coefficient (Wildman–Crippen LogP) is 1.45. The Bertz CT molecular complexity index is 660. The molecular weight excluding hydrogens is 310 g/mol. The largest absolute Gasteiger partial charge is 0.493 e. The molecule has 1 saturated heterocycles. The van der Waals surface area contributed by atoms with Crippen molar-refractivity contribution in [2.75, 3.05) is 19.8 Å². The third kappa shape index (κ3) is 4.26. The standard InChI is InChI=1S/C17H21N3O4/c1-12-4-2-3-5-15(12)23-7-6-17(21)20-14-10-22-11-16(14)24-13-8-18-19-9-13/h2-5,8-9,14,16H,6-7,10-11H2,1H3,(H,18,19)(H,20,21)/t14-,16+/m0/s1. The van der Waals surface area contributed by atoms with Gasteiger partial charge in [0.2, 0.25) is 5.91 Å². The second-order valence-corrected chi connectivity index (χ2v) is 5.67. The number of nitrogens with one attached hydrogen (secondary N) is 2. The van der Waals surface area contributed by atoms with Gasteiger partial charge in [0.25, 0.3) is 0 Å². The zero-order valence-corrected chi connectivity index (χ0v) is 13.5. The molecule has 0 unspecified atom stereocenters. The van der Waals surface area contributed by atoms with Crippen LogP contribution in [0.3, 0.4) is 0 Å². The Kier molecular flexibility index (Phi) is 5.32. The fourth-order valence-electron chi connectivity index (χ4n) is 2.51. The van der Waals surface area contributed by atoms with E-state index >= 15 is 0 Å². The smallest absolute Gasteiger partial charge is 0.223 e. The lowest BCUT2D eigenvalue weighted by molar-refractivity contribution is -0.122. The van der Waals surface area contributed by atoms with Crippen molar-refractivity contribution in [3.05, 3.63) is 42.2 Å². The molecule has 1 fully saturated rings. The minimum Gasteiger partial charge on any atom is -0.493 e. The first kappa shape index (κ1) is 16.3. The van der Waals surface area contributed by atoms with Gasteiger partial charge in [0.05, 0.1) is 44.7 Å². The Labute approximate surface area is 140 Å². The molecule has 0 bridgehead atoms. The Balaban J connectivity index is 1.43. The summed E-state index contributed by atoms with van der Waals surface area (Å²) < 4.78 is 16.8. The SMILES string of the molecule is Cc1ccccc1OCCC(=O)N[C@H]1COC[C@H]1Oc1cn[nH]c1. The molecule has 24 heavy (non-hydrogen) atoms. The van der Waals surface area contributed by atoms with Crippen LogP contribution >= 0.6 is 0 Å². The summed E-state index contributed by atoms with van der Waals surface area (Å²) in [6.45, 7) is 3.18. The van der Waals surface area contributed by atoms with E-state index in [0.29, 0.717) is 25.6 Å². The van der Waals surface area contributed by atoms with Gasteiger partial charge < -0.3 is 19.5 Å². The molecule has 2 N–H and O–H groups in total. The van der Waals surface area contributed by atoms with E-state index in [0.717, 1.165) is 11.3 Å². The van der Waals surface area contributed by atoms with E-state index in [1.165, 1.54) is 0 Å². The maximum absolute atomic E-state index is 12.1. The summed E-state index contributed by atoms with van der Waals surface area (Å²) in [7, 11) is 0. The molecule has 0 radical (unpaired) electrons. The molecule has 1 aromatic heterocycles. The van der Waals surface area contributed by atoms with Crippen LogP contribution in [0.1, 0.15) is 12.0 Å². The lowest BCUT2D eigenvalue weighted by Crippen LogP contribution is -2.45. The van der Waals surface area contributed by atoms with Crippen LogP contribution in [0.4, 0.5) is 0 Å². The highest BCUT2D eigenvalue weighted by Crippen LogP contribution is 2.17. The molecule has 1 aliphatic rings. The minimum atomic E-state index is -0.219. The third-order valence-electron chi connectivity index (χ3n) is 3.82. The molecule has 1 aliphatic heterocycles. The van der Waals surface area contributed by atoms with Crippen molar-refractivity contribution in [3.8, 4) is 11.5 Å². The van der Waals surface area contributed by atoms with Crippen molar-refractivity contribution in [2.45, 2.75) is 25.5 Å². The number of rotatable bonds is 7. The molecular formula is C17H21N3O4. The average Bonchev–Trinajstić information content (AvgIpc) is 3.22. The molecule has 1 amide bonds. The predicted molar refractivity (Wildman–Crippen MR) is 87.0 cm³/mol. The number of carbonyl (C=O) groups is 1. The number of hydrogen-bond acceptors (Lipinski definition) is 5. The van der Waals surface area contributed by atoms with Gasteiger partial charge in [-0.3, -0.25) is 9.89 Å². The van der Waals surface area contributed by atoms with Crippen molar-refractivity contribution in [2.24, 2.45) is 0 Å². The monoisotopic (exact) mass is 331 g/mol. The first-order valence-electron chi connectivity index (χ1n) is 7.93. The number of carbonyl (C=O) groups excluding carboxylic acids is 1. The van der Waals surface area contributed by atoms with E-state index in [4.69, 9.17) is 14.2 Å². The van der Waals surface area contributed by atoms with E-state index in [-0.39, 0.29) is 24.5 Å². The number of hydrogen-bond donors (Lipinski definition) is 2. The van der Waals surface area contributed by atoms with E-state index in [1.807, 2.05) is 31.2 Å². The van der Waals surface area contributed by atoms with Gasteiger partial charge in [-0.15, -0.1) is 0 Å². The number of aromatic amines is 1. The number of amides is 1. The van der Waals surface area contributed by atoms with E-state index in [1.54, 1.807) is 12.4 Å². The summed E-state index contributed by atoms with van der Waals surface area (Å²) in [6, 6.07) is 7.56. The fraction of sp³-hybridized carbons (Fsp3) is 0.412. The first-order valence-corrected chi connectivity index (χ1v) is 7.93. The zero-order chi connectivity index (χ0) is 16.8. The summed E-state index contributed by atoms with van der Waals surface area (Å²) in [5.41, 5.74) is 1.05. The van der Waals surface area contributed by atoms with Gasteiger partial charge in [-0.1, -0.05) is 18.2 Å². The number of para-hydroxylation sites is 1. The number of H-pyrrole nitrogens is 1.